The maximum absolute atomic E-state index is 14.2. The molecule has 1 N–H and O–H groups in total. The third-order valence-electron chi connectivity index (χ3n) is 4.45. The Hall–Kier alpha value is -2.99. The van der Waals surface area contributed by atoms with E-state index in [-0.39, 0.29) is 18.0 Å². The Morgan fingerprint density at radius 1 is 1.00 bits per heavy atom. The van der Waals surface area contributed by atoms with E-state index in [0.29, 0.717) is 6.07 Å². The first-order valence-electron chi connectivity index (χ1n) is 9.39. The van der Waals surface area contributed by atoms with Gasteiger partial charge in [-0.2, -0.15) is 4.31 Å². The zero-order valence-electron chi connectivity index (χ0n) is 17.3. The van der Waals surface area contributed by atoms with Crippen molar-refractivity contribution in [2.75, 3.05) is 18.4 Å². The van der Waals surface area contributed by atoms with E-state index in [4.69, 9.17) is 4.74 Å². The van der Waals surface area contributed by atoms with Crippen LogP contribution in [0.1, 0.15) is 31.1 Å². The molecule has 0 bridgehead atoms. The van der Waals surface area contributed by atoms with E-state index in [2.05, 4.69) is 0 Å². The highest BCUT2D eigenvalue weighted by molar-refractivity contribution is 7.89. The molecule has 0 aliphatic heterocycles. The molecule has 0 spiro atoms. The maximum Gasteiger partial charge on any atom is 0.341 e. The molecule has 0 aliphatic carbocycles. The molecule has 0 radical (unpaired) electrons. The monoisotopic (exact) mass is 476 g/mol. The minimum absolute atomic E-state index is 0.147. The Bertz CT molecular complexity index is 1140. The SMILES string of the molecule is CCN(CC)S(=O)(=O)c1ccc(F)c(C(=O)OC(C)C(=O)Nc2ccc(F)c(F)c2F)c1. The van der Waals surface area contributed by atoms with Gasteiger partial charge in [0.1, 0.15) is 5.82 Å². The second-order valence-corrected chi connectivity index (χ2v) is 8.43. The summed E-state index contributed by atoms with van der Waals surface area (Å²) in [6.45, 7) is 4.58. The van der Waals surface area contributed by atoms with Crippen LogP contribution in [0, 0.1) is 23.3 Å². The lowest BCUT2D eigenvalue weighted by Gasteiger charge is -2.19. The molecule has 32 heavy (non-hydrogen) atoms. The second-order valence-electron chi connectivity index (χ2n) is 6.49. The fraction of sp³-hybridized carbons (Fsp3) is 0.300. The molecule has 12 heteroatoms. The number of benzene rings is 2. The van der Waals surface area contributed by atoms with Crippen LogP contribution in [0.5, 0.6) is 0 Å². The number of amides is 1. The number of esters is 1. The molecule has 0 saturated heterocycles. The summed E-state index contributed by atoms with van der Waals surface area (Å²) in [6, 6.07) is 3.89. The molecule has 2 aromatic rings. The normalized spacial score (nSPS) is 12.5. The number of ether oxygens (including phenoxy) is 1. The summed E-state index contributed by atoms with van der Waals surface area (Å²) in [7, 11) is -4.00. The van der Waals surface area contributed by atoms with Crippen molar-refractivity contribution >= 4 is 27.6 Å². The van der Waals surface area contributed by atoms with Crippen LogP contribution in [0.4, 0.5) is 23.2 Å². The standard InChI is InChI=1S/C20H20F4N2O5S/c1-4-26(5-2)32(29,30)12-6-7-14(21)13(10-12)20(28)31-11(3)19(27)25-16-9-8-15(22)17(23)18(16)24/h6-11H,4-5H2,1-3H3,(H,25,27). The van der Waals surface area contributed by atoms with Crippen LogP contribution in [-0.4, -0.2) is 43.8 Å². The van der Waals surface area contributed by atoms with Gasteiger partial charge in [-0.25, -0.2) is 30.8 Å². The largest absolute Gasteiger partial charge is 0.449 e. The summed E-state index contributed by atoms with van der Waals surface area (Å²) in [4.78, 5) is 24.1. The van der Waals surface area contributed by atoms with E-state index in [1.165, 1.54) is 0 Å². The van der Waals surface area contributed by atoms with Crippen molar-refractivity contribution in [3.05, 3.63) is 59.2 Å². The Kier molecular flexibility index (Phi) is 7.97. The maximum atomic E-state index is 14.2. The summed E-state index contributed by atoms with van der Waals surface area (Å²) in [5.41, 5.74) is -1.44. The number of rotatable bonds is 8. The van der Waals surface area contributed by atoms with Gasteiger partial charge in [0, 0.05) is 13.1 Å². The summed E-state index contributed by atoms with van der Waals surface area (Å²) < 4.78 is 85.3. The van der Waals surface area contributed by atoms with Gasteiger partial charge in [0.2, 0.25) is 10.0 Å². The number of hydrogen-bond acceptors (Lipinski definition) is 5. The first-order valence-corrected chi connectivity index (χ1v) is 10.8. The molecule has 0 saturated carbocycles. The predicted octanol–water partition coefficient (Wildman–Crippen LogP) is 3.46. The van der Waals surface area contributed by atoms with Crippen LogP contribution in [0.15, 0.2) is 35.2 Å². The first kappa shape index (κ1) is 25.3. The fourth-order valence-corrected chi connectivity index (χ4v) is 4.15. The van der Waals surface area contributed by atoms with Gasteiger partial charge in [0.25, 0.3) is 5.91 Å². The topological polar surface area (TPSA) is 92.8 Å². The lowest BCUT2D eigenvalue weighted by molar-refractivity contribution is -0.123. The fourth-order valence-electron chi connectivity index (χ4n) is 2.67. The van der Waals surface area contributed by atoms with Crippen LogP contribution in [0.3, 0.4) is 0 Å². The van der Waals surface area contributed by atoms with E-state index in [0.717, 1.165) is 35.5 Å². The van der Waals surface area contributed by atoms with Crippen molar-refractivity contribution in [3.8, 4) is 0 Å². The Morgan fingerprint density at radius 3 is 2.19 bits per heavy atom. The van der Waals surface area contributed by atoms with Crippen LogP contribution < -0.4 is 5.32 Å². The van der Waals surface area contributed by atoms with E-state index < -0.39 is 62.5 Å². The van der Waals surface area contributed by atoms with Gasteiger partial charge in [-0.1, -0.05) is 13.8 Å². The molecule has 1 amide bonds. The van der Waals surface area contributed by atoms with Crippen LogP contribution in [0.25, 0.3) is 0 Å². The zero-order chi connectivity index (χ0) is 24.2. The quantitative estimate of drug-likeness (QED) is 0.358. The van der Waals surface area contributed by atoms with Crippen LogP contribution in [0.2, 0.25) is 0 Å². The molecule has 0 heterocycles. The number of halogens is 4. The number of sulfonamides is 1. The van der Waals surface area contributed by atoms with Crippen LogP contribution in [-0.2, 0) is 19.6 Å². The van der Waals surface area contributed by atoms with Gasteiger partial charge in [0.15, 0.2) is 23.6 Å². The molecule has 0 aliphatic rings. The van der Waals surface area contributed by atoms with Crippen molar-refractivity contribution in [2.24, 2.45) is 0 Å². The minimum atomic E-state index is -4.00. The van der Waals surface area contributed by atoms with Gasteiger partial charge in [-0.05, 0) is 37.3 Å². The van der Waals surface area contributed by atoms with E-state index in [9.17, 15) is 35.6 Å². The van der Waals surface area contributed by atoms with Gasteiger partial charge < -0.3 is 10.1 Å². The number of anilines is 1. The summed E-state index contributed by atoms with van der Waals surface area (Å²) >= 11 is 0. The molecule has 0 aromatic heterocycles. The molecule has 0 fully saturated rings. The van der Waals surface area contributed by atoms with Crippen LogP contribution >= 0.6 is 0 Å². The first-order chi connectivity index (χ1) is 14.9. The third-order valence-corrected chi connectivity index (χ3v) is 6.49. The number of nitrogens with zero attached hydrogens (tertiary/aromatic N) is 1. The molecule has 7 nitrogen and oxygen atoms in total. The second kappa shape index (κ2) is 10.1. The predicted molar refractivity (Wildman–Crippen MR) is 106 cm³/mol. The Morgan fingerprint density at radius 2 is 1.59 bits per heavy atom. The number of carbonyl (C=O) groups is 2. The van der Waals surface area contributed by atoms with E-state index >= 15 is 0 Å². The van der Waals surface area contributed by atoms with Crippen molar-refractivity contribution in [1.82, 2.24) is 4.31 Å². The highest BCUT2D eigenvalue weighted by atomic mass is 32.2. The van der Waals surface area contributed by atoms with Gasteiger partial charge in [-0.15, -0.1) is 0 Å². The molecule has 1 atom stereocenters. The highest BCUT2D eigenvalue weighted by Gasteiger charge is 2.27. The van der Waals surface area contributed by atoms with Crippen molar-refractivity contribution in [3.63, 3.8) is 0 Å². The number of carbonyl (C=O) groups excluding carboxylic acids is 2. The molecule has 2 aromatic carbocycles. The number of nitrogens with one attached hydrogen (secondary N) is 1. The summed E-state index contributed by atoms with van der Waals surface area (Å²) in [5.74, 6) is -8.48. The van der Waals surface area contributed by atoms with Crippen molar-refractivity contribution < 1.29 is 40.3 Å². The average molecular weight is 476 g/mol. The lowest BCUT2D eigenvalue weighted by atomic mass is 10.2. The Labute approximate surface area is 182 Å². The lowest BCUT2D eigenvalue weighted by Crippen LogP contribution is -2.32. The van der Waals surface area contributed by atoms with E-state index in [1.807, 2.05) is 5.32 Å². The third kappa shape index (κ3) is 5.25. The van der Waals surface area contributed by atoms with Gasteiger partial charge in [-0.3, -0.25) is 4.79 Å². The molecule has 1 unspecified atom stereocenters. The molecular formula is C20H20F4N2O5S. The smallest absolute Gasteiger partial charge is 0.341 e. The summed E-state index contributed by atoms with van der Waals surface area (Å²) in [5, 5.41) is 1.92. The summed E-state index contributed by atoms with van der Waals surface area (Å²) in [6.07, 6.45) is -1.61. The zero-order valence-corrected chi connectivity index (χ0v) is 18.1. The molecular weight excluding hydrogens is 456 g/mol. The highest BCUT2D eigenvalue weighted by Crippen LogP contribution is 2.22. The molecule has 2 rings (SSSR count). The average Bonchev–Trinajstić information content (AvgIpc) is 2.74. The van der Waals surface area contributed by atoms with Crippen molar-refractivity contribution in [2.45, 2.75) is 31.8 Å². The minimum Gasteiger partial charge on any atom is -0.449 e. The van der Waals surface area contributed by atoms with E-state index in [1.54, 1.807) is 13.8 Å². The number of hydrogen-bond donors (Lipinski definition) is 1. The molecule has 174 valence electrons. The Balaban J connectivity index is 2.21. The van der Waals surface area contributed by atoms with Crippen molar-refractivity contribution in [1.29, 1.82) is 0 Å². The van der Waals surface area contributed by atoms with Gasteiger partial charge in [0.05, 0.1) is 16.1 Å². The van der Waals surface area contributed by atoms with Gasteiger partial charge >= 0.3 is 5.97 Å².